The number of rotatable bonds is 6. The van der Waals surface area contributed by atoms with E-state index in [1.54, 1.807) is 42.5 Å². The number of halogens is 1. The zero-order valence-electron chi connectivity index (χ0n) is 13.2. The minimum Gasteiger partial charge on any atom is -0.352 e. The molecule has 1 aliphatic rings. The molecule has 0 radical (unpaired) electrons. The molecular formula is C19H19FN2O2. The molecule has 124 valence electrons. The fourth-order valence-electron chi connectivity index (χ4n) is 2.38. The van der Waals surface area contributed by atoms with Crippen LogP contribution >= 0.6 is 0 Å². The first-order chi connectivity index (χ1) is 11.6. The molecule has 0 aliphatic heterocycles. The van der Waals surface area contributed by atoms with Crippen molar-refractivity contribution in [1.29, 1.82) is 0 Å². The predicted molar refractivity (Wildman–Crippen MR) is 89.4 cm³/mol. The first kappa shape index (κ1) is 16.2. The SMILES string of the molecule is O=C(NCCc1ccccc1F)c1ccc(C(=O)NC2CC2)cc1. The van der Waals surface area contributed by atoms with E-state index in [1.807, 2.05) is 0 Å². The molecule has 3 rings (SSSR count). The second-order valence-electron chi connectivity index (χ2n) is 5.92. The standard InChI is InChI=1S/C19H19FN2O2/c20-17-4-2-1-3-13(17)11-12-21-18(23)14-5-7-15(8-6-14)19(24)22-16-9-10-16/h1-8,16H,9-12H2,(H,21,23)(H,22,24). The molecule has 0 unspecified atom stereocenters. The van der Waals surface area contributed by atoms with Crippen LogP contribution in [0.2, 0.25) is 0 Å². The molecule has 0 heterocycles. The Kier molecular flexibility index (Phi) is 4.89. The number of hydrogen-bond donors (Lipinski definition) is 2. The first-order valence-corrected chi connectivity index (χ1v) is 8.06. The van der Waals surface area contributed by atoms with Gasteiger partial charge in [-0.1, -0.05) is 18.2 Å². The molecule has 0 aromatic heterocycles. The van der Waals surface area contributed by atoms with E-state index in [0.29, 0.717) is 35.7 Å². The van der Waals surface area contributed by atoms with E-state index in [9.17, 15) is 14.0 Å². The number of hydrogen-bond acceptors (Lipinski definition) is 2. The van der Waals surface area contributed by atoms with Crippen molar-refractivity contribution in [3.63, 3.8) is 0 Å². The largest absolute Gasteiger partial charge is 0.352 e. The molecule has 2 amide bonds. The molecule has 0 spiro atoms. The third-order valence-electron chi connectivity index (χ3n) is 3.96. The Balaban J connectivity index is 1.51. The molecule has 1 saturated carbocycles. The van der Waals surface area contributed by atoms with Crippen molar-refractivity contribution >= 4 is 11.8 Å². The van der Waals surface area contributed by atoms with E-state index in [1.165, 1.54) is 6.07 Å². The van der Waals surface area contributed by atoms with Crippen molar-refractivity contribution in [2.24, 2.45) is 0 Å². The van der Waals surface area contributed by atoms with Crippen molar-refractivity contribution in [2.75, 3.05) is 6.54 Å². The van der Waals surface area contributed by atoms with Crippen LogP contribution in [0.15, 0.2) is 48.5 Å². The molecule has 2 aromatic carbocycles. The van der Waals surface area contributed by atoms with E-state index in [4.69, 9.17) is 0 Å². The molecule has 0 atom stereocenters. The number of carbonyl (C=O) groups excluding carboxylic acids is 2. The summed E-state index contributed by atoms with van der Waals surface area (Å²) < 4.78 is 13.5. The lowest BCUT2D eigenvalue weighted by Crippen LogP contribution is -2.27. The fourth-order valence-corrected chi connectivity index (χ4v) is 2.38. The quantitative estimate of drug-likeness (QED) is 0.857. The summed E-state index contributed by atoms with van der Waals surface area (Å²) in [6.45, 7) is 0.351. The van der Waals surface area contributed by atoms with Gasteiger partial charge in [0.15, 0.2) is 0 Å². The van der Waals surface area contributed by atoms with Crippen molar-refractivity contribution < 1.29 is 14.0 Å². The third kappa shape index (κ3) is 4.19. The van der Waals surface area contributed by atoms with Gasteiger partial charge in [-0.25, -0.2) is 4.39 Å². The lowest BCUT2D eigenvalue weighted by atomic mass is 10.1. The van der Waals surface area contributed by atoms with Crippen LogP contribution in [0, 0.1) is 5.82 Å². The lowest BCUT2D eigenvalue weighted by Gasteiger charge is -2.07. The van der Waals surface area contributed by atoms with Crippen LogP contribution in [0.5, 0.6) is 0 Å². The molecule has 2 N–H and O–H groups in total. The Morgan fingerprint density at radius 2 is 1.58 bits per heavy atom. The predicted octanol–water partition coefficient (Wildman–Crippen LogP) is 2.69. The van der Waals surface area contributed by atoms with Crippen molar-refractivity contribution in [3.05, 3.63) is 71.0 Å². The Morgan fingerprint density at radius 1 is 0.958 bits per heavy atom. The summed E-state index contributed by atoms with van der Waals surface area (Å²) in [6, 6.07) is 13.4. The summed E-state index contributed by atoms with van der Waals surface area (Å²) in [6.07, 6.45) is 2.50. The van der Waals surface area contributed by atoms with E-state index < -0.39 is 0 Å². The van der Waals surface area contributed by atoms with Gasteiger partial charge in [0.1, 0.15) is 5.82 Å². The molecule has 1 fully saturated rings. The number of benzene rings is 2. The molecule has 0 bridgehead atoms. The highest BCUT2D eigenvalue weighted by molar-refractivity contribution is 5.98. The van der Waals surface area contributed by atoms with Gasteiger partial charge in [0, 0.05) is 23.7 Å². The molecular weight excluding hydrogens is 307 g/mol. The summed E-state index contributed by atoms with van der Waals surface area (Å²) in [7, 11) is 0. The van der Waals surface area contributed by atoms with Crippen molar-refractivity contribution in [1.82, 2.24) is 10.6 Å². The highest BCUT2D eigenvalue weighted by Gasteiger charge is 2.23. The molecule has 2 aromatic rings. The van der Waals surface area contributed by atoms with Gasteiger partial charge in [-0.2, -0.15) is 0 Å². The fraction of sp³-hybridized carbons (Fsp3) is 0.263. The monoisotopic (exact) mass is 326 g/mol. The highest BCUT2D eigenvalue weighted by atomic mass is 19.1. The zero-order chi connectivity index (χ0) is 16.9. The van der Waals surface area contributed by atoms with Crippen LogP contribution in [0.3, 0.4) is 0 Å². The van der Waals surface area contributed by atoms with Gasteiger partial charge in [-0.15, -0.1) is 0 Å². The second-order valence-corrected chi connectivity index (χ2v) is 5.92. The normalized spacial score (nSPS) is 13.4. The lowest BCUT2D eigenvalue weighted by molar-refractivity contribution is 0.0940. The van der Waals surface area contributed by atoms with Crippen molar-refractivity contribution in [2.45, 2.75) is 25.3 Å². The number of carbonyl (C=O) groups is 2. The Morgan fingerprint density at radius 3 is 2.21 bits per heavy atom. The van der Waals surface area contributed by atoms with E-state index in [2.05, 4.69) is 10.6 Å². The molecule has 5 heteroatoms. The first-order valence-electron chi connectivity index (χ1n) is 8.06. The molecule has 1 aliphatic carbocycles. The van der Waals surface area contributed by atoms with Crippen LogP contribution in [0.25, 0.3) is 0 Å². The number of nitrogens with one attached hydrogen (secondary N) is 2. The Hall–Kier alpha value is -2.69. The maximum Gasteiger partial charge on any atom is 0.251 e. The smallest absolute Gasteiger partial charge is 0.251 e. The van der Waals surface area contributed by atoms with Gasteiger partial charge >= 0.3 is 0 Å². The van der Waals surface area contributed by atoms with Crippen LogP contribution < -0.4 is 10.6 Å². The topological polar surface area (TPSA) is 58.2 Å². The van der Waals surface area contributed by atoms with Gasteiger partial charge in [0.2, 0.25) is 0 Å². The van der Waals surface area contributed by atoms with Gasteiger partial charge in [-0.3, -0.25) is 9.59 Å². The van der Waals surface area contributed by atoms with E-state index in [-0.39, 0.29) is 17.6 Å². The average Bonchev–Trinajstić information content (AvgIpc) is 3.40. The maximum atomic E-state index is 13.5. The van der Waals surface area contributed by atoms with E-state index in [0.717, 1.165) is 12.8 Å². The molecule has 24 heavy (non-hydrogen) atoms. The summed E-state index contributed by atoms with van der Waals surface area (Å²) in [5, 5.41) is 5.66. The van der Waals surface area contributed by atoms with E-state index >= 15 is 0 Å². The molecule has 0 saturated heterocycles. The van der Waals surface area contributed by atoms with Gasteiger partial charge < -0.3 is 10.6 Å². The van der Waals surface area contributed by atoms with Crippen LogP contribution in [-0.4, -0.2) is 24.4 Å². The van der Waals surface area contributed by atoms with Crippen LogP contribution in [0.4, 0.5) is 4.39 Å². The summed E-state index contributed by atoms with van der Waals surface area (Å²) in [4.78, 5) is 24.0. The zero-order valence-corrected chi connectivity index (χ0v) is 13.2. The summed E-state index contributed by atoms with van der Waals surface area (Å²) in [5.41, 5.74) is 1.60. The third-order valence-corrected chi connectivity index (χ3v) is 3.96. The second kappa shape index (κ2) is 7.25. The van der Waals surface area contributed by atoms with Gasteiger partial charge in [0.25, 0.3) is 11.8 Å². The van der Waals surface area contributed by atoms with Crippen LogP contribution in [-0.2, 0) is 6.42 Å². The Bertz CT molecular complexity index is 739. The summed E-state index contributed by atoms with van der Waals surface area (Å²) in [5.74, 6) is -0.609. The van der Waals surface area contributed by atoms with Gasteiger partial charge in [-0.05, 0) is 55.2 Å². The minimum absolute atomic E-state index is 0.107. The molecule has 4 nitrogen and oxygen atoms in total. The van der Waals surface area contributed by atoms with Crippen molar-refractivity contribution in [3.8, 4) is 0 Å². The number of amides is 2. The van der Waals surface area contributed by atoms with Gasteiger partial charge in [0.05, 0.1) is 0 Å². The minimum atomic E-state index is -0.266. The van der Waals surface area contributed by atoms with Crippen LogP contribution in [0.1, 0.15) is 39.1 Å². The maximum absolute atomic E-state index is 13.5. The summed E-state index contributed by atoms with van der Waals surface area (Å²) >= 11 is 0. The highest BCUT2D eigenvalue weighted by Crippen LogP contribution is 2.19. The average molecular weight is 326 g/mol. The Labute approximate surface area is 140 Å².